The highest BCUT2D eigenvalue weighted by Crippen LogP contribution is 2.33. The number of aromatic hydroxyl groups is 1. The molecular weight excluding hydrogens is 300 g/mol. The fourth-order valence-electron chi connectivity index (χ4n) is 2.79. The lowest BCUT2D eigenvalue weighted by Crippen LogP contribution is -1.88. The standard InChI is InChI=1S/C19H22N4O/c1-5-14-9-6-8-13(4)17(14)21-22-19-16(12(2)3)20-18-15(24)10-7-11-23(18)19/h6-12,24H,5H2,1-4H3. The molecule has 0 aliphatic heterocycles. The van der Waals surface area contributed by atoms with Crippen molar-refractivity contribution in [1.29, 1.82) is 0 Å². The molecule has 0 aliphatic carbocycles. The molecular formula is C19H22N4O. The Balaban J connectivity index is 2.17. The molecule has 0 spiro atoms. The van der Waals surface area contributed by atoms with Gasteiger partial charge in [-0.05, 0) is 42.5 Å². The van der Waals surface area contributed by atoms with Crippen molar-refractivity contribution in [3.63, 3.8) is 0 Å². The van der Waals surface area contributed by atoms with Crippen LogP contribution in [0.1, 0.15) is 43.5 Å². The van der Waals surface area contributed by atoms with E-state index in [0.717, 1.165) is 23.4 Å². The zero-order valence-electron chi connectivity index (χ0n) is 14.5. The molecule has 5 nitrogen and oxygen atoms in total. The molecule has 0 aliphatic rings. The first-order valence-electron chi connectivity index (χ1n) is 8.23. The summed E-state index contributed by atoms with van der Waals surface area (Å²) < 4.78 is 1.79. The van der Waals surface area contributed by atoms with Crippen LogP contribution in [0.2, 0.25) is 0 Å². The predicted octanol–water partition coefficient (Wildman–Crippen LogP) is 5.45. The zero-order chi connectivity index (χ0) is 17.3. The number of aromatic nitrogens is 2. The summed E-state index contributed by atoms with van der Waals surface area (Å²) in [6.07, 6.45) is 2.75. The van der Waals surface area contributed by atoms with Crippen LogP contribution in [-0.2, 0) is 6.42 Å². The Morgan fingerprint density at radius 2 is 1.96 bits per heavy atom. The minimum atomic E-state index is 0.144. The van der Waals surface area contributed by atoms with Crippen molar-refractivity contribution in [3.8, 4) is 5.75 Å². The quantitative estimate of drug-likeness (QED) is 0.649. The van der Waals surface area contributed by atoms with Crippen LogP contribution >= 0.6 is 0 Å². The number of rotatable bonds is 4. The number of azo groups is 1. The van der Waals surface area contributed by atoms with E-state index in [0.29, 0.717) is 11.5 Å². The molecule has 3 rings (SSSR count). The number of imidazole rings is 1. The van der Waals surface area contributed by atoms with Crippen molar-refractivity contribution in [1.82, 2.24) is 9.38 Å². The van der Waals surface area contributed by atoms with E-state index in [1.165, 1.54) is 5.56 Å². The fraction of sp³-hybridized carbons (Fsp3) is 0.316. The van der Waals surface area contributed by atoms with Gasteiger partial charge in [0.25, 0.3) is 0 Å². The van der Waals surface area contributed by atoms with Gasteiger partial charge in [0.15, 0.2) is 17.2 Å². The smallest absolute Gasteiger partial charge is 0.183 e. The Kier molecular flexibility index (Phi) is 4.34. The summed E-state index contributed by atoms with van der Waals surface area (Å²) in [6.45, 7) is 8.27. The molecule has 0 amide bonds. The van der Waals surface area contributed by atoms with E-state index in [4.69, 9.17) is 0 Å². The van der Waals surface area contributed by atoms with Crippen LogP contribution in [0.25, 0.3) is 5.65 Å². The van der Waals surface area contributed by atoms with Gasteiger partial charge in [0.05, 0.1) is 11.4 Å². The predicted molar refractivity (Wildman–Crippen MR) is 95.7 cm³/mol. The topological polar surface area (TPSA) is 62.2 Å². The molecule has 0 atom stereocenters. The van der Waals surface area contributed by atoms with Crippen LogP contribution in [0.3, 0.4) is 0 Å². The molecule has 5 heteroatoms. The number of pyridine rings is 1. The third-order valence-corrected chi connectivity index (χ3v) is 4.12. The lowest BCUT2D eigenvalue weighted by Gasteiger charge is -2.06. The molecule has 0 radical (unpaired) electrons. The van der Waals surface area contributed by atoms with Gasteiger partial charge in [-0.15, -0.1) is 10.2 Å². The summed E-state index contributed by atoms with van der Waals surface area (Å²) in [5.74, 6) is 0.993. The Morgan fingerprint density at radius 1 is 1.17 bits per heavy atom. The third-order valence-electron chi connectivity index (χ3n) is 4.12. The average Bonchev–Trinajstić information content (AvgIpc) is 2.94. The van der Waals surface area contributed by atoms with Gasteiger partial charge in [0.2, 0.25) is 0 Å². The maximum atomic E-state index is 10.0. The number of benzene rings is 1. The number of aryl methyl sites for hydroxylation is 2. The normalized spacial score (nSPS) is 11.9. The summed E-state index contributed by atoms with van der Waals surface area (Å²) in [5, 5.41) is 19.1. The molecule has 24 heavy (non-hydrogen) atoms. The summed E-state index contributed by atoms with van der Waals surface area (Å²) in [4.78, 5) is 4.55. The summed E-state index contributed by atoms with van der Waals surface area (Å²) in [7, 11) is 0. The van der Waals surface area contributed by atoms with Gasteiger partial charge in [-0.1, -0.05) is 39.0 Å². The van der Waals surface area contributed by atoms with Gasteiger partial charge >= 0.3 is 0 Å². The van der Waals surface area contributed by atoms with Crippen molar-refractivity contribution in [2.24, 2.45) is 10.2 Å². The Morgan fingerprint density at radius 3 is 2.67 bits per heavy atom. The highest BCUT2D eigenvalue weighted by atomic mass is 16.3. The molecule has 124 valence electrons. The highest BCUT2D eigenvalue weighted by molar-refractivity contribution is 5.61. The van der Waals surface area contributed by atoms with Crippen LogP contribution in [0.4, 0.5) is 11.5 Å². The first-order chi connectivity index (χ1) is 11.5. The second kappa shape index (κ2) is 6.43. The molecule has 2 heterocycles. The SMILES string of the molecule is CCc1cccc(C)c1N=Nc1c(C(C)C)nc2c(O)cccn12. The Hall–Kier alpha value is -2.69. The minimum absolute atomic E-state index is 0.144. The second-order valence-electron chi connectivity index (χ2n) is 6.20. The summed E-state index contributed by atoms with van der Waals surface area (Å²) in [5.41, 5.74) is 4.51. The van der Waals surface area contributed by atoms with Crippen molar-refractivity contribution in [3.05, 3.63) is 53.3 Å². The van der Waals surface area contributed by atoms with Crippen molar-refractivity contribution in [2.45, 2.75) is 40.0 Å². The molecule has 0 unspecified atom stereocenters. The first-order valence-corrected chi connectivity index (χ1v) is 8.23. The molecule has 0 saturated heterocycles. The lowest BCUT2D eigenvalue weighted by atomic mass is 10.1. The van der Waals surface area contributed by atoms with Crippen LogP contribution < -0.4 is 0 Å². The van der Waals surface area contributed by atoms with Gasteiger partial charge in [-0.25, -0.2) is 4.98 Å². The van der Waals surface area contributed by atoms with Crippen molar-refractivity contribution >= 4 is 17.2 Å². The Labute approximate surface area is 141 Å². The van der Waals surface area contributed by atoms with Crippen LogP contribution in [0.5, 0.6) is 5.75 Å². The fourth-order valence-corrected chi connectivity index (χ4v) is 2.79. The zero-order valence-corrected chi connectivity index (χ0v) is 14.5. The minimum Gasteiger partial charge on any atom is -0.504 e. The van der Waals surface area contributed by atoms with Gasteiger partial charge in [-0.3, -0.25) is 4.40 Å². The number of nitrogens with zero attached hydrogens (tertiary/aromatic N) is 4. The van der Waals surface area contributed by atoms with Gasteiger partial charge < -0.3 is 5.11 Å². The first kappa shape index (κ1) is 16.2. The molecule has 0 fully saturated rings. The molecule has 1 aromatic carbocycles. The maximum absolute atomic E-state index is 10.0. The monoisotopic (exact) mass is 322 g/mol. The number of hydrogen-bond acceptors (Lipinski definition) is 4. The highest BCUT2D eigenvalue weighted by Gasteiger charge is 2.17. The molecule has 3 aromatic rings. The number of fused-ring (bicyclic) bond motifs is 1. The number of hydrogen-bond donors (Lipinski definition) is 1. The van der Waals surface area contributed by atoms with E-state index in [2.05, 4.69) is 42.1 Å². The Bertz CT molecular complexity index is 909. The van der Waals surface area contributed by atoms with E-state index < -0.39 is 0 Å². The molecule has 1 N–H and O–H groups in total. The largest absolute Gasteiger partial charge is 0.504 e. The van der Waals surface area contributed by atoms with Crippen LogP contribution in [0, 0.1) is 6.92 Å². The van der Waals surface area contributed by atoms with E-state index in [1.54, 1.807) is 16.5 Å². The van der Waals surface area contributed by atoms with Crippen LogP contribution in [0.15, 0.2) is 46.8 Å². The van der Waals surface area contributed by atoms with Crippen LogP contribution in [-0.4, -0.2) is 14.5 Å². The van der Waals surface area contributed by atoms with E-state index >= 15 is 0 Å². The molecule has 0 saturated carbocycles. The van der Waals surface area contributed by atoms with E-state index in [-0.39, 0.29) is 11.7 Å². The van der Waals surface area contributed by atoms with Gasteiger partial charge in [0, 0.05) is 6.20 Å². The van der Waals surface area contributed by atoms with E-state index in [1.807, 2.05) is 25.3 Å². The van der Waals surface area contributed by atoms with Gasteiger partial charge in [-0.2, -0.15) is 0 Å². The van der Waals surface area contributed by atoms with E-state index in [9.17, 15) is 5.11 Å². The van der Waals surface area contributed by atoms with Crippen molar-refractivity contribution in [2.75, 3.05) is 0 Å². The lowest BCUT2D eigenvalue weighted by molar-refractivity contribution is 0.477. The average molecular weight is 322 g/mol. The third kappa shape index (κ3) is 2.77. The second-order valence-corrected chi connectivity index (χ2v) is 6.20. The maximum Gasteiger partial charge on any atom is 0.183 e. The summed E-state index contributed by atoms with van der Waals surface area (Å²) >= 11 is 0. The van der Waals surface area contributed by atoms with Gasteiger partial charge in [0.1, 0.15) is 0 Å². The molecule has 2 aromatic heterocycles. The summed E-state index contributed by atoms with van der Waals surface area (Å²) in [6, 6.07) is 9.56. The van der Waals surface area contributed by atoms with Crippen molar-refractivity contribution < 1.29 is 5.11 Å². The molecule has 0 bridgehead atoms.